The summed E-state index contributed by atoms with van der Waals surface area (Å²) in [5.41, 5.74) is 4.37. The van der Waals surface area contributed by atoms with Gasteiger partial charge in [-0.25, -0.2) is 0 Å². The molecule has 1 unspecified atom stereocenters. The Morgan fingerprint density at radius 1 is 0.957 bits per heavy atom. The lowest BCUT2D eigenvalue weighted by Crippen LogP contribution is -2.46. The van der Waals surface area contributed by atoms with Crippen LogP contribution in [-0.2, 0) is 6.42 Å². The summed E-state index contributed by atoms with van der Waals surface area (Å²) in [6.45, 7) is 6.88. The van der Waals surface area contributed by atoms with Gasteiger partial charge in [0.05, 0.1) is 0 Å². The van der Waals surface area contributed by atoms with Crippen molar-refractivity contribution in [2.45, 2.75) is 29.2 Å². The van der Waals surface area contributed by atoms with E-state index in [9.17, 15) is 0 Å². The molecule has 0 radical (unpaired) electrons. The molecular weight excluding hydrogens is 300 g/mol. The van der Waals surface area contributed by atoms with Crippen LogP contribution in [0.25, 0.3) is 0 Å². The van der Waals surface area contributed by atoms with E-state index in [1.54, 1.807) is 0 Å². The second-order valence-corrected chi connectivity index (χ2v) is 7.89. The quantitative estimate of drug-likeness (QED) is 0.783. The van der Waals surface area contributed by atoms with E-state index in [0.717, 1.165) is 6.42 Å². The molecule has 2 aliphatic heterocycles. The molecular formula is C20H24N2S. The van der Waals surface area contributed by atoms with Crippen molar-refractivity contribution in [2.75, 3.05) is 33.2 Å². The third-order valence-corrected chi connectivity index (χ3v) is 6.30. The first-order chi connectivity index (χ1) is 11.2. The van der Waals surface area contributed by atoms with Gasteiger partial charge in [-0.3, -0.25) is 4.90 Å². The zero-order chi connectivity index (χ0) is 15.8. The molecule has 0 aliphatic carbocycles. The Balaban J connectivity index is 1.75. The monoisotopic (exact) mass is 324 g/mol. The minimum absolute atomic E-state index is 0.510. The maximum atomic E-state index is 2.69. The molecule has 1 fully saturated rings. The maximum absolute atomic E-state index is 2.69. The lowest BCUT2D eigenvalue weighted by molar-refractivity contribution is 0.110. The molecule has 0 bridgehead atoms. The molecule has 0 N–H and O–H groups in total. The highest BCUT2D eigenvalue weighted by atomic mass is 32.2. The number of likely N-dealkylation sites (N-methyl/N-ethyl adjacent to an activating group) is 1. The summed E-state index contributed by atoms with van der Waals surface area (Å²) in [7, 11) is 2.23. The molecule has 3 heteroatoms. The normalized spacial score (nSPS) is 22.3. The van der Waals surface area contributed by atoms with Gasteiger partial charge in [0, 0.05) is 42.0 Å². The van der Waals surface area contributed by atoms with Gasteiger partial charge in [0.15, 0.2) is 0 Å². The van der Waals surface area contributed by atoms with Gasteiger partial charge in [0.25, 0.3) is 0 Å². The van der Waals surface area contributed by atoms with E-state index < -0.39 is 0 Å². The predicted octanol–water partition coefficient (Wildman–Crippen LogP) is 3.99. The lowest BCUT2D eigenvalue weighted by Gasteiger charge is -2.38. The Hall–Kier alpha value is -1.29. The zero-order valence-corrected chi connectivity index (χ0v) is 14.8. The number of piperazine rings is 1. The average molecular weight is 324 g/mol. The van der Waals surface area contributed by atoms with Crippen LogP contribution >= 0.6 is 11.8 Å². The number of nitrogens with zero attached hydrogens (tertiary/aromatic N) is 2. The van der Waals surface area contributed by atoms with Crippen LogP contribution in [0.15, 0.2) is 52.3 Å². The van der Waals surface area contributed by atoms with Crippen molar-refractivity contribution in [2.24, 2.45) is 0 Å². The first-order valence-corrected chi connectivity index (χ1v) is 9.31. The van der Waals surface area contributed by atoms with Crippen molar-refractivity contribution in [3.8, 4) is 0 Å². The van der Waals surface area contributed by atoms with Gasteiger partial charge in [-0.2, -0.15) is 0 Å². The highest BCUT2D eigenvalue weighted by Crippen LogP contribution is 2.43. The van der Waals surface area contributed by atoms with Gasteiger partial charge in [-0.1, -0.05) is 42.1 Å². The van der Waals surface area contributed by atoms with Crippen LogP contribution in [-0.4, -0.2) is 43.0 Å². The minimum Gasteiger partial charge on any atom is -0.304 e. The first-order valence-electron chi connectivity index (χ1n) is 8.49. The van der Waals surface area contributed by atoms with E-state index in [0.29, 0.717) is 6.04 Å². The smallest absolute Gasteiger partial charge is 0.0401 e. The van der Waals surface area contributed by atoms with E-state index in [2.05, 4.69) is 66.2 Å². The first kappa shape index (κ1) is 15.3. The van der Waals surface area contributed by atoms with Crippen molar-refractivity contribution in [1.82, 2.24) is 9.80 Å². The van der Waals surface area contributed by atoms with E-state index >= 15 is 0 Å². The molecule has 0 spiro atoms. The van der Waals surface area contributed by atoms with Gasteiger partial charge in [0.1, 0.15) is 0 Å². The van der Waals surface area contributed by atoms with E-state index in [1.807, 2.05) is 11.8 Å². The summed E-state index contributed by atoms with van der Waals surface area (Å²) >= 11 is 1.95. The predicted molar refractivity (Wildman–Crippen MR) is 97.3 cm³/mol. The van der Waals surface area contributed by atoms with Crippen molar-refractivity contribution >= 4 is 11.8 Å². The van der Waals surface area contributed by atoms with E-state index in [4.69, 9.17) is 0 Å². The van der Waals surface area contributed by atoms with Crippen LogP contribution < -0.4 is 0 Å². The second kappa shape index (κ2) is 6.31. The van der Waals surface area contributed by atoms with Crippen molar-refractivity contribution in [1.29, 1.82) is 0 Å². The van der Waals surface area contributed by atoms with Crippen LogP contribution in [0.5, 0.6) is 0 Å². The number of benzene rings is 2. The molecule has 1 atom stereocenters. The number of aryl methyl sites for hydroxylation is 1. The number of hydrogen-bond donors (Lipinski definition) is 0. The Morgan fingerprint density at radius 3 is 2.57 bits per heavy atom. The topological polar surface area (TPSA) is 6.48 Å². The molecule has 4 rings (SSSR count). The molecule has 2 heterocycles. The van der Waals surface area contributed by atoms with Crippen molar-refractivity contribution in [3.05, 3.63) is 59.2 Å². The molecule has 2 aliphatic rings. The Bertz CT molecular complexity index is 705. The van der Waals surface area contributed by atoms with Crippen molar-refractivity contribution < 1.29 is 0 Å². The van der Waals surface area contributed by atoms with Gasteiger partial charge in [0.2, 0.25) is 0 Å². The zero-order valence-electron chi connectivity index (χ0n) is 14.0. The third-order valence-electron chi connectivity index (χ3n) is 5.11. The molecule has 1 saturated heterocycles. The number of hydrogen-bond acceptors (Lipinski definition) is 3. The molecule has 0 aromatic heterocycles. The molecule has 2 nitrogen and oxygen atoms in total. The molecule has 2 aromatic carbocycles. The molecule has 2 aromatic rings. The molecule has 0 amide bonds. The third kappa shape index (κ3) is 3.06. The van der Waals surface area contributed by atoms with Gasteiger partial charge in [-0.15, -0.1) is 0 Å². The number of fused-ring (bicyclic) bond motifs is 2. The summed E-state index contributed by atoms with van der Waals surface area (Å²) in [6.07, 6.45) is 1.13. The van der Waals surface area contributed by atoms with Gasteiger partial charge in [-0.05, 0) is 49.2 Å². The summed E-state index contributed by atoms with van der Waals surface area (Å²) in [6, 6.07) is 16.5. The maximum Gasteiger partial charge on any atom is 0.0401 e. The van der Waals surface area contributed by atoms with Crippen LogP contribution in [0.4, 0.5) is 0 Å². The fourth-order valence-corrected chi connectivity index (χ4v) is 4.91. The number of rotatable bonds is 1. The molecule has 120 valence electrons. The van der Waals surface area contributed by atoms with Crippen LogP contribution in [0.1, 0.15) is 22.7 Å². The van der Waals surface area contributed by atoms with Gasteiger partial charge < -0.3 is 4.90 Å². The Labute approximate surface area is 143 Å². The minimum atomic E-state index is 0.510. The van der Waals surface area contributed by atoms with Gasteiger partial charge >= 0.3 is 0 Å². The fourth-order valence-electron chi connectivity index (χ4n) is 3.67. The van der Waals surface area contributed by atoms with E-state index in [-0.39, 0.29) is 0 Å². The lowest BCUT2D eigenvalue weighted by atomic mass is 9.96. The SMILES string of the molecule is Cc1ccc2c(c1)Sc1ccccc1CC2N1CCN(C)CC1. The average Bonchev–Trinajstić information content (AvgIpc) is 2.71. The van der Waals surface area contributed by atoms with Crippen LogP contribution in [0.3, 0.4) is 0 Å². The highest BCUT2D eigenvalue weighted by molar-refractivity contribution is 7.99. The van der Waals surface area contributed by atoms with Crippen molar-refractivity contribution in [3.63, 3.8) is 0 Å². The van der Waals surface area contributed by atoms with E-state index in [1.165, 1.54) is 52.7 Å². The van der Waals surface area contributed by atoms with Crippen LogP contribution in [0.2, 0.25) is 0 Å². The standard InChI is InChI=1S/C20H24N2S/c1-15-7-8-17-18(22-11-9-21(2)10-12-22)14-16-5-3-4-6-19(16)23-20(17)13-15/h3-8,13,18H,9-12,14H2,1-2H3. The molecule has 23 heavy (non-hydrogen) atoms. The fraction of sp³-hybridized carbons (Fsp3) is 0.400. The summed E-state index contributed by atoms with van der Waals surface area (Å²) < 4.78 is 0. The Kier molecular flexibility index (Phi) is 4.18. The largest absolute Gasteiger partial charge is 0.304 e. The summed E-state index contributed by atoms with van der Waals surface area (Å²) in [5.74, 6) is 0. The Morgan fingerprint density at radius 2 is 1.74 bits per heavy atom. The summed E-state index contributed by atoms with van der Waals surface area (Å²) in [5, 5.41) is 0. The second-order valence-electron chi connectivity index (χ2n) is 6.81. The summed E-state index contributed by atoms with van der Waals surface area (Å²) in [4.78, 5) is 8.00. The van der Waals surface area contributed by atoms with Crippen LogP contribution in [0, 0.1) is 6.92 Å². The molecule has 0 saturated carbocycles. The highest BCUT2D eigenvalue weighted by Gasteiger charge is 2.29.